The fourth-order valence-corrected chi connectivity index (χ4v) is 5.29. The Kier molecular flexibility index (Phi) is 2.35. The Hall–Kier alpha value is -0.880. The first kappa shape index (κ1) is 11.2. The topological polar surface area (TPSA) is 66.1 Å². The smallest absolute Gasteiger partial charge is 0.246 e. The molecule has 5 nitrogen and oxygen atoms in total. The molecule has 2 atom stereocenters. The molecule has 2 aliphatic rings. The van der Waals surface area contributed by atoms with E-state index in [1.807, 2.05) is 0 Å². The quantitative estimate of drug-likeness (QED) is 0.863. The maximum Gasteiger partial charge on any atom is 0.246 e. The summed E-state index contributed by atoms with van der Waals surface area (Å²) in [6.07, 6.45) is 3.23. The highest BCUT2D eigenvalue weighted by molar-refractivity contribution is 7.89. The zero-order valence-electron chi connectivity index (χ0n) is 10.1. The largest absolute Gasteiger partial charge is 0.281 e. The van der Waals surface area contributed by atoms with E-state index in [2.05, 4.69) is 10.2 Å². The van der Waals surface area contributed by atoms with Crippen molar-refractivity contribution in [2.24, 2.45) is 5.92 Å². The summed E-state index contributed by atoms with van der Waals surface area (Å²) in [5.41, 5.74) is 1.22. The maximum atomic E-state index is 12.6. The highest BCUT2D eigenvalue weighted by Crippen LogP contribution is 2.41. The molecule has 2 bridgehead atoms. The third-order valence-electron chi connectivity index (χ3n) is 3.99. The summed E-state index contributed by atoms with van der Waals surface area (Å²) in [5.74, 6) is 0.572. The Labute approximate surface area is 101 Å². The summed E-state index contributed by atoms with van der Waals surface area (Å²) in [6, 6.07) is 0.221. The van der Waals surface area contributed by atoms with E-state index in [0.717, 1.165) is 12.8 Å². The normalized spacial score (nSPS) is 29.1. The lowest BCUT2D eigenvalue weighted by molar-refractivity contribution is 0.333. The van der Waals surface area contributed by atoms with Gasteiger partial charge in [0, 0.05) is 12.6 Å². The Bertz CT molecular complexity index is 530. The van der Waals surface area contributed by atoms with Crippen molar-refractivity contribution in [3.8, 4) is 0 Å². The Morgan fingerprint density at radius 1 is 1.35 bits per heavy atom. The zero-order chi connectivity index (χ0) is 12.2. The van der Waals surface area contributed by atoms with Crippen molar-refractivity contribution < 1.29 is 8.42 Å². The van der Waals surface area contributed by atoms with Gasteiger partial charge in [0.15, 0.2) is 0 Å². The summed E-state index contributed by atoms with van der Waals surface area (Å²) in [5, 5.41) is 6.74. The van der Waals surface area contributed by atoms with Gasteiger partial charge in [-0.2, -0.15) is 9.40 Å². The van der Waals surface area contributed by atoms with Gasteiger partial charge in [-0.25, -0.2) is 8.42 Å². The van der Waals surface area contributed by atoms with Gasteiger partial charge in [0.1, 0.15) is 4.90 Å². The molecular formula is C11H17N3O2S. The summed E-state index contributed by atoms with van der Waals surface area (Å²) >= 11 is 0. The van der Waals surface area contributed by atoms with Gasteiger partial charge in [-0.1, -0.05) is 0 Å². The van der Waals surface area contributed by atoms with Crippen molar-refractivity contribution in [1.29, 1.82) is 0 Å². The van der Waals surface area contributed by atoms with Crippen LogP contribution in [-0.2, 0) is 10.0 Å². The number of aromatic amines is 1. The third-order valence-corrected chi connectivity index (χ3v) is 6.17. The molecule has 0 aromatic carbocycles. The first-order valence-electron chi connectivity index (χ1n) is 6.03. The molecule has 1 aliphatic heterocycles. The van der Waals surface area contributed by atoms with Gasteiger partial charge in [-0.3, -0.25) is 5.10 Å². The van der Waals surface area contributed by atoms with E-state index in [4.69, 9.17) is 0 Å². The number of sulfonamides is 1. The second-order valence-corrected chi connectivity index (χ2v) is 7.00. The number of piperidine rings is 1. The molecule has 1 aliphatic carbocycles. The molecule has 1 saturated carbocycles. The van der Waals surface area contributed by atoms with E-state index in [0.29, 0.717) is 28.7 Å². The Balaban J connectivity index is 2.02. The summed E-state index contributed by atoms with van der Waals surface area (Å²) in [7, 11) is -3.35. The molecule has 1 N–H and O–H groups in total. The number of nitrogens with zero attached hydrogens (tertiary/aromatic N) is 2. The SMILES string of the molecule is Cc1n[nH]c(C)c1S(=O)(=O)N1CC2CCC1C2. The van der Waals surface area contributed by atoms with E-state index in [-0.39, 0.29) is 6.04 Å². The molecule has 2 fully saturated rings. The van der Waals surface area contributed by atoms with Crippen LogP contribution in [-0.4, -0.2) is 35.5 Å². The lowest BCUT2D eigenvalue weighted by Gasteiger charge is -2.26. The van der Waals surface area contributed by atoms with Crippen LogP contribution < -0.4 is 0 Å². The fraction of sp³-hybridized carbons (Fsp3) is 0.727. The fourth-order valence-electron chi connectivity index (χ4n) is 3.21. The van der Waals surface area contributed by atoms with Crippen LogP contribution in [0.2, 0.25) is 0 Å². The van der Waals surface area contributed by atoms with Crippen molar-refractivity contribution in [1.82, 2.24) is 14.5 Å². The van der Waals surface area contributed by atoms with Crippen LogP contribution in [0.1, 0.15) is 30.7 Å². The number of nitrogens with one attached hydrogen (secondary N) is 1. The van der Waals surface area contributed by atoms with Crippen molar-refractivity contribution >= 4 is 10.0 Å². The van der Waals surface area contributed by atoms with Crippen LogP contribution in [0.5, 0.6) is 0 Å². The number of hydrogen-bond acceptors (Lipinski definition) is 3. The standard InChI is InChI=1S/C11H17N3O2S/c1-7-11(8(2)13-12-7)17(15,16)14-6-9-3-4-10(14)5-9/h9-10H,3-6H2,1-2H3,(H,12,13). The van der Waals surface area contributed by atoms with Crippen LogP contribution in [0.4, 0.5) is 0 Å². The number of aryl methyl sites for hydroxylation is 2. The summed E-state index contributed by atoms with van der Waals surface area (Å²) in [6.45, 7) is 4.20. The monoisotopic (exact) mass is 255 g/mol. The minimum absolute atomic E-state index is 0.221. The lowest BCUT2D eigenvalue weighted by atomic mass is 10.1. The predicted molar refractivity (Wildman–Crippen MR) is 63.1 cm³/mol. The molecule has 1 saturated heterocycles. The predicted octanol–water partition coefficient (Wildman–Crippen LogP) is 1.20. The minimum atomic E-state index is -3.35. The van der Waals surface area contributed by atoms with E-state index >= 15 is 0 Å². The van der Waals surface area contributed by atoms with Crippen LogP contribution in [0.25, 0.3) is 0 Å². The van der Waals surface area contributed by atoms with E-state index < -0.39 is 10.0 Å². The molecule has 94 valence electrons. The third kappa shape index (κ3) is 1.54. The molecule has 0 radical (unpaired) electrons. The van der Waals surface area contributed by atoms with Gasteiger partial charge in [-0.15, -0.1) is 0 Å². The van der Waals surface area contributed by atoms with E-state index in [1.54, 1.807) is 18.2 Å². The highest BCUT2D eigenvalue weighted by Gasteiger charge is 2.45. The van der Waals surface area contributed by atoms with Crippen molar-refractivity contribution in [3.05, 3.63) is 11.4 Å². The number of H-pyrrole nitrogens is 1. The molecule has 0 amide bonds. The van der Waals surface area contributed by atoms with Crippen LogP contribution in [0.15, 0.2) is 4.90 Å². The molecule has 2 unspecified atom stereocenters. The molecule has 6 heteroatoms. The average Bonchev–Trinajstić information content (AvgIpc) is 2.93. The number of fused-ring (bicyclic) bond motifs is 2. The molecule has 1 aromatic rings. The summed E-state index contributed by atoms with van der Waals surface area (Å²) < 4.78 is 26.9. The van der Waals surface area contributed by atoms with Crippen molar-refractivity contribution in [2.75, 3.05) is 6.54 Å². The molecular weight excluding hydrogens is 238 g/mol. The Morgan fingerprint density at radius 3 is 2.59 bits per heavy atom. The maximum absolute atomic E-state index is 12.6. The second kappa shape index (κ2) is 3.55. The van der Waals surface area contributed by atoms with Gasteiger partial charge in [0.25, 0.3) is 0 Å². The van der Waals surface area contributed by atoms with E-state index in [9.17, 15) is 8.42 Å². The highest BCUT2D eigenvalue weighted by atomic mass is 32.2. The first-order chi connectivity index (χ1) is 8.00. The van der Waals surface area contributed by atoms with Crippen molar-refractivity contribution in [2.45, 2.75) is 44.0 Å². The summed E-state index contributed by atoms with van der Waals surface area (Å²) in [4.78, 5) is 0.380. The molecule has 3 rings (SSSR count). The Morgan fingerprint density at radius 2 is 2.12 bits per heavy atom. The number of hydrogen-bond donors (Lipinski definition) is 1. The molecule has 0 spiro atoms. The first-order valence-corrected chi connectivity index (χ1v) is 7.47. The average molecular weight is 255 g/mol. The number of aromatic nitrogens is 2. The zero-order valence-corrected chi connectivity index (χ0v) is 10.9. The second-order valence-electron chi connectivity index (χ2n) is 5.17. The van der Waals surface area contributed by atoms with Gasteiger partial charge < -0.3 is 0 Å². The van der Waals surface area contributed by atoms with Crippen LogP contribution >= 0.6 is 0 Å². The van der Waals surface area contributed by atoms with E-state index in [1.165, 1.54) is 6.42 Å². The van der Waals surface area contributed by atoms with Gasteiger partial charge in [0.2, 0.25) is 10.0 Å². The van der Waals surface area contributed by atoms with Crippen LogP contribution in [0, 0.1) is 19.8 Å². The van der Waals surface area contributed by atoms with Gasteiger partial charge >= 0.3 is 0 Å². The van der Waals surface area contributed by atoms with Gasteiger partial charge in [0.05, 0.1) is 11.4 Å². The molecule has 1 aromatic heterocycles. The van der Waals surface area contributed by atoms with Gasteiger partial charge in [-0.05, 0) is 39.0 Å². The molecule has 2 heterocycles. The van der Waals surface area contributed by atoms with Crippen molar-refractivity contribution in [3.63, 3.8) is 0 Å². The van der Waals surface area contributed by atoms with Crippen LogP contribution in [0.3, 0.4) is 0 Å². The number of rotatable bonds is 2. The lowest BCUT2D eigenvalue weighted by Crippen LogP contribution is -2.38. The minimum Gasteiger partial charge on any atom is -0.281 e. The molecule has 17 heavy (non-hydrogen) atoms.